The molecule has 0 saturated carbocycles. The van der Waals surface area contributed by atoms with Gasteiger partial charge in [-0.1, -0.05) is 6.07 Å². The van der Waals surface area contributed by atoms with Gasteiger partial charge in [-0.25, -0.2) is 0 Å². The summed E-state index contributed by atoms with van der Waals surface area (Å²) in [5.41, 5.74) is 7.20. The van der Waals surface area contributed by atoms with Crippen molar-refractivity contribution >= 4 is 5.78 Å². The first-order valence-corrected chi connectivity index (χ1v) is 4.51. The molecule has 0 saturated heterocycles. The Morgan fingerprint density at radius 2 is 2.46 bits per heavy atom. The van der Waals surface area contributed by atoms with E-state index in [4.69, 9.17) is 5.73 Å². The molecule has 13 heavy (non-hydrogen) atoms. The van der Waals surface area contributed by atoms with Crippen LogP contribution < -0.4 is 5.73 Å². The first-order chi connectivity index (χ1) is 6.33. The highest BCUT2D eigenvalue weighted by Gasteiger charge is 2.26. The molecule has 1 aromatic heterocycles. The van der Waals surface area contributed by atoms with E-state index in [0.717, 1.165) is 18.4 Å². The summed E-state index contributed by atoms with van der Waals surface area (Å²) in [5.74, 6) is 0.103. The number of rotatable bonds is 1. The van der Waals surface area contributed by atoms with Gasteiger partial charge in [-0.15, -0.1) is 0 Å². The average Bonchev–Trinajstić information content (AvgIpc) is 2.19. The Bertz CT molecular complexity index is 335. The quantitative estimate of drug-likeness (QED) is 0.688. The van der Waals surface area contributed by atoms with Gasteiger partial charge in [0.1, 0.15) is 5.69 Å². The Hall–Kier alpha value is -1.22. The Morgan fingerprint density at radius 1 is 1.62 bits per heavy atom. The van der Waals surface area contributed by atoms with E-state index >= 15 is 0 Å². The fourth-order valence-electron chi connectivity index (χ4n) is 1.74. The van der Waals surface area contributed by atoms with Crippen LogP contribution in [-0.2, 0) is 6.42 Å². The Balaban J connectivity index is 2.39. The van der Waals surface area contributed by atoms with E-state index in [1.165, 1.54) is 0 Å². The Labute approximate surface area is 77.0 Å². The normalized spacial score (nSPS) is 21.3. The number of pyridine rings is 1. The molecule has 3 nitrogen and oxygen atoms in total. The maximum Gasteiger partial charge on any atom is 0.185 e. The average molecular weight is 176 g/mol. The first kappa shape index (κ1) is 8.38. The summed E-state index contributed by atoms with van der Waals surface area (Å²) in [4.78, 5) is 15.8. The van der Waals surface area contributed by atoms with Crippen molar-refractivity contribution in [2.75, 3.05) is 6.54 Å². The number of ketones is 1. The van der Waals surface area contributed by atoms with Crippen molar-refractivity contribution in [1.29, 1.82) is 0 Å². The summed E-state index contributed by atoms with van der Waals surface area (Å²) >= 11 is 0. The summed E-state index contributed by atoms with van der Waals surface area (Å²) in [7, 11) is 0. The molecule has 1 aliphatic rings. The number of carbonyl (C=O) groups excluding carboxylic acids is 1. The van der Waals surface area contributed by atoms with Crippen molar-refractivity contribution in [3.8, 4) is 0 Å². The molecule has 0 aliphatic heterocycles. The molecule has 1 atom stereocenters. The van der Waals surface area contributed by atoms with E-state index in [9.17, 15) is 4.79 Å². The van der Waals surface area contributed by atoms with Crippen LogP contribution >= 0.6 is 0 Å². The highest BCUT2D eigenvalue weighted by molar-refractivity contribution is 5.98. The number of nitrogens with two attached hydrogens (primary N) is 1. The molecule has 3 heteroatoms. The van der Waals surface area contributed by atoms with Crippen molar-refractivity contribution in [2.24, 2.45) is 11.7 Å². The van der Waals surface area contributed by atoms with E-state index in [1.807, 2.05) is 12.1 Å². The van der Waals surface area contributed by atoms with Gasteiger partial charge >= 0.3 is 0 Å². The van der Waals surface area contributed by atoms with Gasteiger partial charge in [0, 0.05) is 18.7 Å². The monoisotopic (exact) mass is 176 g/mol. The number of hydrogen-bond donors (Lipinski definition) is 1. The molecule has 1 aliphatic carbocycles. The molecule has 1 aromatic rings. The van der Waals surface area contributed by atoms with Crippen molar-refractivity contribution in [1.82, 2.24) is 4.98 Å². The van der Waals surface area contributed by atoms with Crippen LogP contribution in [0, 0.1) is 5.92 Å². The predicted molar refractivity (Wildman–Crippen MR) is 49.4 cm³/mol. The predicted octanol–water partition coefficient (Wildman–Crippen LogP) is 0.785. The molecule has 0 bridgehead atoms. The summed E-state index contributed by atoms with van der Waals surface area (Å²) in [6, 6.07) is 3.84. The van der Waals surface area contributed by atoms with Gasteiger partial charge < -0.3 is 5.73 Å². The van der Waals surface area contributed by atoms with Gasteiger partial charge in [-0.05, 0) is 24.5 Å². The lowest BCUT2D eigenvalue weighted by Crippen LogP contribution is -2.29. The fourth-order valence-corrected chi connectivity index (χ4v) is 1.74. The molecule has 0 amide bonds. The lowest BCUT2D eigenvalue weighted by atomic mass is 9.86. The first-order valence-electron chi connectivity index (χ1n) is 4.51. The molecule has 0 unspecified atom stereocenters. The number of hydrogen-bond acceptors (Lipinski definition) is 3. The molecule has 0 spiro atoms. The molecule has 0 aromatic carbocycles. The Kier molecular flexibility index (Phi) is 2.10. The molecule has 68 valence electrons. The van der Waals surface area contributed by atoms with Crippen LogP contribution in [0.2, 0.25) is 0 Å². The van der Waals surface area contributed by atoms with Crippen LogP contribution in [0.15, 0.2) is 18.3 Å². The summed E-state index contributed by atoms with van der Waals surface area (Å²) in [6.45, 7) is 0.439. The van der Waals surface area contributed by atoms with Crippen LogP contribution in [-0.4, -0.2) is 17.3 Å². The third kappa shape index (κ3) is 1.35. The van der Waals surface area contributed by atoms with E-state index in [2.05, 4.69) is 4.98 Å². The lowest BCUT2D eigenvalue weighted by Gasteiger charge is -2.20. The second-order valence-electron chi connectivity index (χ2n) is 3.35. The second kappa shape index (κ2) is 3.26. The number of fused-ring (bicyclic) bond motifs is 1. The number of nitrogens with zero attached hydrogens (tertiary/aromatic N) is 1. The molecule has 2 N–H and O–H groups in total. The second-order valence-corrected chi connectivity index (χ2v) is 3.35. The number of carbonyl (C=O) groups is 1. The topological polar surface area (TPSA) is 56.0 Å². The van der Waals surface area contributed by atoms with Crippen molar-refractivity contribution in [3.05, 3.63) is 29.6 Å². The fraction of sp³-hybridized carbons (Fsp3) is 0.400. The molecule has 0 radical (unpaired) electrons. The van der Waals surface area contributed by atoms with Crippen molar-refractivity contribution < 1.29 is 4.79 Å². The minimum atomic E-state index is -0.0117. The minimum Gasteiger partial charge on any atom is -0.330 e. The third-order valence-corrected chi connectivity index (χ3v) is 2.54. The minimum absolute atomic E-state index is 0.0117. The standard InChI is InChI=1S/C10H12N2O/c11-6-8-4-3-7-2-1-5-12-9(7)10(8)13/h1-2,5,8H,3-4,6,11H2/t8-/m0/s1. The number of aryl methyl sites for hydroxylation is 1. The maximum absolute atomic E-state index is 11.7. The van der Waals surface area contributed by atoms with E-state index in [-0.39, 0.29) is 11.7 Å². The number of Topliss-reactive ketones (excluding diaryl/α,β-unsaturated/α-hetero) is 1. The van der Waals surface area contributed by atoms with Crippen molar-refractivity contribution in [3.63, 3.8) is 0 Å². The van der Waals surface area contributed by atoms with Gasteiger partial charge in [-0.3, -0.25) is 9.78 Å². The van der Waals surface area contributed by atoms with Gasteiger partial charge in [-0.2, -0.15) is 0 Å². The molecular weight excluding hydrogens is 164 g/mol. The molecule has 2 rings (SSSR count). The lowest BCUT2D eigenvalue weighted by molar-refractivity contribution is 0.0901. The molecule has 1 heterocycles. The largest absolute Gasteiger partial charge is 0.330 e. The summed E-state index contributed by atoms with van der Waals surface area (Å²) in [6.07, 6.45) is 3.46. The highest BCUT2D eigenvalue weighted by Crippen LogP contribution is 2.22. The smallest absolute Gasteiger partial charge is 0.185 e. The van der Waals surface area contributed by atoms with Gasteiger partial charge in [0.25, 0.3) is 0 Å². The summed E-state index contributed by atoms with van der Waals surface area (Å²) in [5, 5.41) is 0. The maximum atomic E-state index is 11.7. The van der Waals surface area contributed by atoms with E-state index in [0.29, 0.717) is 12.2 Å². The van der Waals surface area contributed by atoms with Crippen molar-refractivity contribution in [2.45, 2.75) is 12.8 Å². The zero-order valence-electron chi connectivity index (χ0n) is 7.36. The Morgan fingerprint density at radius 3 is 3.23 bits per heavy atom. The molecular formula is C10H12N2O. The van der Waals surface area contributed by atoms with Crippen LogP contribution in [0.5, 0.6) is 0 Å². The van der Waals surface area contributed by atoms with E-state index in [1.54, 1.807) is 6.20 Å². The third-order valence-electron chi connectivity index (χ3n) is 2.54. The zero-order valence-corrected chi connectivity index (χ0v) is 7.36. The number of aromatic nitrogens is 1. The van der Waals surface area contributed by atoms with Crippen LogP contribution in [0.4, 0.5) is 0 Å². The van der Waals surface area contributed by atoms with Crippen LogP contribution in [0.1, 0.15) is 22.5 Å². The molecule has 0 fully saturated rings. The van der Waals surface area contributed by atoms with Crippen LogP contribution in [0.3, 0.4) is 0 Å². The highest BCUT2D eigenvalue weighted by atomic mass is 16.1. The van der Waals surface area contributed by atoms with Gasteiger partial charge in [0.15, 0.2) is 5.78 Å². The summed E-state index contributed by atoms with van der Waals surface area (Å²) < 4.78 is 0. The zero-order chi connectivity index (χ0) is 9.26. The van der Waals surface area contributed by atoms with Gasteiger partial charge in [0.2, 0.25) is 0 Å². The SMILES string of the molecule is NC[C@@H]1CCc2cccnc2C1=O. The van der Waals surface area contributed by atoms with E-state index < -0.39 is 0 Å². The van der Waals surface area contributed by atoms with Gasteiger partial charge in [0.05, 0.1) is 0 Å². The van der Waals surface area contributed by atoms with Crippen LogP contribution in [0.25, 0.3) is 0 Å².